The van der Waals surface area contributed by atoms with E-state index >= 15 is 0 Å². The first-order valence-corrected chi connectivity index (χ1v) is 8.38. The molecule has 19 heavy (non-hydrogen) atoms. The van der Waals surface area contributed by atoms with Crippen LogP contribution < -0.4 is 0 Å². The van der Waals surface area contributed by atoms with E-state index in [2.05, 4.69) is 0 Å². The van der Waals surface area contributed by atoms with Gasteiger partial charge in [-0.05, 0) is 42.4 Å². The Hall–Kier alpha value is -0.940. The summed E-state index contributed by atoms with van der Waals surface area (Å²) in [4.78, 5) is 0. The maximum absolute atomic E-state index is 12.8. The average Bonchev–Trinajstić information content (AvgIpc) is 2.92. The molecular formula is C14H18FNO2S. The summed E-state index contributed by atoms with van der Waals surface area (Å²) in [5, 5.41) is 0. The van der Waals surface area contributed by atoms with Crippen molar-refractivity contribution in [3.05, 3.63) is 35.6 Å². The molecule has 3 rings (SSSR count). The van der Waals surface area contributed by atoms with Crippen molar-refractivity contribution < 1.29 is 12.8 Å². The maximum atomic E-state index is 12.8. The Labute approximate surface area is 113 Å². The van der Waals surface area contributed by atoms with Crippen molar-refractivity contribution in [3.63, 3.8) is 0 Å². The quantitative estimate of drug-likeness (QED) is 0.854. The van der Waals surface area contributed by atoms with E-state index in [9.17, 15) is 12.8 Å². The topological polar surface area (TPSA) is 37.4 Å². The predicted octanol–water partition coefficient (Wildman–Crippen LogP) is 2.39. The highest BCUT2D eigenvalue weighted by Gasteiger charge is 2.40. The first-order chi connectivity index (χ1) is 9.04. The SMILES string of the molecule is O=S(=O)(Cc1ccc(F)cc1)N1CC2CCCC2C1. The number of sulfonamides is 1. The van der Waals surface area contributed by atoms with E-state index in [0.29, 0.717) is 30.5 Å². The highest BCUT2D eigenvalue weighted by molar-refractivity contribution is 7.88. The number of nitrogens with zero attached hydrogens (tertiary/aromatic N) is 1. The van der Waals surface area contributed by atoms with E-state index in [0.717, 1.165) is 12.8 Å². The number of benzene rings is 1. The molecule has 1 aliphatic heterocycles. The summed E-state index contributed by atoms with van der Waals surface area (Å²) in [5.41, 5.74) is 0.651. The van der Waals surface area contributed by atoms with Crippen LogP contribution >= 0.6 is 0 Å². The Morgan fingerprint density at radius 1 is 1.11 bits per heavy atom. The van der Waals surface area contributed by atoms with E-state index in [1.807, 2.05) is 0 Å². The van der Waals surface area contributed by atoms with Gasteiger partial charge in [0.15, 0.2) is 0 Å². The molecule has 1 aliphatic carbocycles. The first kappa shape index (κ1) is 13.1. The number of halogens is 1. The summed E-state index contributed by atoms with van der Waals surface area (Å²) in [7, 11) is -3.26. The zero-order valence-electron chi connectivity index (χ0n) is 10.8. The van der Waals surface area contributed by atoms with Gasteiger partial charge in [-0.1, -0.05) is 18.6 Å². The van der Waals surface area contributed by atoms with Crippen LogP contribution in [0.5, 0.6) is 0 Å². The molecule has 3 nitrogen and oxygen atoms in total. The van der Waals surface area contributed by atoms with Crippen molar-refractivity contribution >= 4 is 10.0 Å². The van der Waals surface area contributed by atoms with Crippen molar-refractivity contribution in [1.29, 1.82) is 0 Å². The molecule has 1 heterocycles. The standard InChI is InChI=1S/C14H18FNO2S/c15-14-6-4-11(5-7-14)10-19(17,18)16-8-12-2-1-3-13(12)9-16/h4-7,12-13H,1-3,8-10H2. The van der Waals surface area contributed by atoms with Gasteiger partial charge in [0.05, 0.1) is 5.75 Å². The number of fused-ring (bicyclic) bond motifs is 1. The van der Waals surface area contributed by atoms with Crippen molar-refractivity contribution in [2.75, 3.05) is 13.1 Å². The zero-order valence-corrected chi connectivity index (χ0v) is 11.6. The van der Waals surface area contributed by atoms with Crippen molar-refractivity contribution in [3.8, 4) is 0 Å². The van der Waals surface area contributed by atoms with Crippen molar-refractivity contribution in [2.24, 2.45) is 11.8 Å². The third kappa shape index (κ3) is 2.67. The smallest absolute Gasteiger partial charge is 0.212 e. The molecule has 0 radical (unpaired) electrons. The second-order valence-electron chi connectivity index (χ2n) is 5.65. The molecule has 0 amide bonds. The minimum Gasteiger partial charge on any atom is -0.212 e. The highest BCUT2D eigenvalue weighted by atomic mass is 32.2. The lowest BCUT2D eigenvalue weighted by atomic mass is 10.0. The third-order valence-electron chi connectivity index (χ3n) is 4.35. The van der Waals surface area contributed by atoms with Crippen LogP contribution in [-0.4, -0.2) is 25.8 Å². The van der Waals surface area contributed by atoms with Gasteiger partial charge < -0.3 is 0 Å². The fourth-order valence-electron chi connectivity index (χ4n) is 3.30. The number of rotatable bonds is 3. The summed E-state index contributed by atoms with van der Waals surface area (Å²) in [6.07, 6.45) is 3.56. The summed E-state index contributed by atoms with van der Waals surface area (Å²) in [6.45, 7) is 1.35. The maximum Gasteiger partial charge on any atom is 0.218 e. The molecule has 0 N–H and O–H groups in total. The molecule has 0 bridgehead atoms. The second-order valence-corrected chi connectivity index (χ2v) is 7.62. The van der Waals surface area contributed by atoms with Crippen LogP contribution in [0.4, 0.5) is 4.39 Å². The summed E-state index contributed by atoms with van der Waals surface area (Å²) in [5.74, 6) is 0.759. The minimum absolute atomic E-state index is 0.0211. The predicted molar refractivity (Wildman–Crippen MR) is 71.4 cm³/mol. The lowest BCUT2D eigenvalue weighted by Crippen LogP contribution is -2.30. The average molecular weight is 283 g/mol. The number of hydrogen-bond donors (Lipinski definition) is 0. The van der Waals surface area contributed by atoms with Crippen LogP contribution in [0.3, 0.4) is 0 Å². The lowest BCUT2D eigenvalue weighted by Gasteiger charge is -2.17. The molecule has 1 aromatic carbocycles. The Balaban J connectivity index is 1.71. The minimum atomic E-state index is -3.26. The monoisotopic (exact) mass is 283 g/mol. The third-order valence-corrected chi connectivity index (χ3v) is 6.13. The van der Waals surface area contributed by atoms with E-state index in [4.69, 9.17) is 0 Å². The van der Waals surface area contributed by atoms with Crippen LogP contribution in [0.1, 0.15) is 24.8 Å². The van der Waals surface area contributed by atoms with Crippen LogP contribution in [0.25, 0.3) is 0 Å². The van der Waals surface area contributed by atoms with Gasteiger partial charge in [-0.25, -0.2) is 17.1 Å². The first-order valence-electron chi connectivity index (χ1n) is 6.77. The molecule has 2 unspecified atom stereocenters. The molecule has 0 spiro atoms. The van der Waals surface area contributed by atoms with Gasteiger partial charge in [-0.3, -0.25) is 0 Å². The van der Waals surface area contributed by atoms with Gasteiger partial charge in [-0.2, -0.15) is 0 Å². The normalized spacial score (nSPS) is 27.6. The van der Waals surface area contributed by atoms with E-state index in [-0.39, 0.29) is 11.6 Å². The fourth-order valence-corrected chi connectivity index (χ4v) is 4.94. The van der Waals surface area contributed by atoms with Gasteiger partial charge in [0.1, 0.15) is 5.82 Å². The Bertz CT molecular complexity index is 543. The van der Waals surface area contributed by atoms with Gasteiger partial charge in [0, 0.05) is 13.1 Å². The molecule has 1 saturated heterocycles. The van der Waals surface area contributed by atoms with Gasteiger partial charge >= 0.3 is 0 Å². The molecule has 1 saturated carbocycles. The van der Waals surface area contributed by atoms with Crippen molar-refractivity contribution in [1.82, 2.24) is 4.31 Å². The van der Waals surface area contributed by atoms with E-state index in [1.165, 1.54) is 18.6 Å². The molecule has 5 heteroatoms. The van der Waals surface area contributed by atoms with Gasteiger partial charge in [0.2, 0.25) is 10.0 Å². The Morgan fingerprint density at radius 2 is 1.68 bits per heavy atom. The van der Waals surface area contributed by atoms with Crippen LogP contribution in [-0.2, 0) is 15.8 Å². The Morgan fingerprint density at radius 3 is 2.26 bits per heavy atom. The highest BCUT2D eigenvalue weighted by Crippen LogP contribution is 2.39. The Kier molecular flexibility index (Phi) is 3.35. The molecule has 2 fully saturated rings. The lowest BCUT2D eigenvalue weighted by molar-refractivity contribution is 0.445. The largest absolute Gasteiger partial charge is 0.218 e. The molecular weight excluding hydrogens is 265 g/mol. The van der Waals surface area contributed by atoms with Crippen molar-refractivity contribution in [2.45, 2.75) is 25.0 Å². The van der Waals surface area contributed by atoms with E-state index < -0.39 is 10.0 Å². The van der Waals surface area contributed by atoms with E-state index in [1.54, 1.807) is 16.4 Å². The van der Waals surface area contributed by atoms with Crippen LogP contribution in [0, 0.1) is 17.7 Å². The molecule has 2 aliphatic rings. The zero-order chi connectivity index (χ0) is 13.5. The molecule has 0 aromatic heterocycles. The summed E-state index contributed by atoms with van der Waals surface area (Å²) < 4.78 is 39.1. The number of hydrogen-bond acceptors (Lipinski definition) is 2. The van der Waals surface area contributed by atoms with Gasteiger partial charge in [0.25, 0.3) is 0 Å². The van der Waals surface area contributed by atoms with Crippen LogP contribution in [0.15, 0.2) is 24.3 Å². The molecule has 104 valence electrons. The van der Waals surface area contributed by atoms with Gasteiger partial charge in [-0.15, -0.1) is 0 Å². The summed E-state index contributed by atoms with van der Waals surface area (Å²) >= 11 is 0. The second kappa shape index (κ2) is 4.87. The fraction of sp³-hybridized carbons (Fsp3) is 0.571. The van der Waals surface area contributed by atoms with Crippen LogP contribution in [0.2, 0.25) is 0 Å². The summed E-state index contributed by atoms with van der Waals surface area (Å²) in [6, 6.07) is 5.71. The molecule has 2 atom stereocenters. The molecule has 1 aromatic rings.